The summed E-state index contributed by atoms with van der Waals surface area (Å²) in [7, 11) is 0. The van der Waals surface area contributed by atoms with E-state index in [-0.39, 0.29) is 18.7 Å². The van der Waals surface area contributed by atoms with Crippen LogP contribution in [0.1, 0.15) is 64.8 Å². The number of nitrogens with zero attached hydrogens (tertiary/aromatic N) is 2. The van der Waals surface area contributed by atoms with Crippen molar-refractivity contribution in [2.75, 3.05) is 19.6 Å². The van der Waals surface area contributed by atoms with Crippen LogP contribution in [0.25, 0.3) is 0 Å². The first-order chi connectivity index (χ1) is 14.5. The van der Waals surface area contributed by atoms with Crippen LogP contribution in [0.3, 0.4) is 0 Å². The van der Waals surface area contributed by atoms with E-state index in [1.165, 1.54) is 12.8 Å². The van der Waals surface area contributed by atoms with Gasteiger partial charge in [0, 0.05) is 31.6 Å². The van der Waals surface area contributed by atoms with Crippen molar-refractivity contribution in [1.29, 1.82) is 0 Å². The van der Waals surface area contributed by atoms with Gasteiger partial charge in [0.2, 0.25) is 11.8 Å². The van der Waals surface area contributed by atoms with Crippen LogP contribution < -0.4 is 10.6 Å². The minimum absolute atomic E-state index is 0.125. The van der Waals surface area contributed by atoms with Crippen LogP contribution in [0.4, 0.5) is 0 Å². The molecule has 30 heavy (non-hydrogen) atoms. The van der Waals surface area contributed by atoms with Crippen molar-refractivity contribution in [1.82, 2.24) is 20.4 Å². The lowest BCUT2D eigenvalue weighted by Crippen LogP contribution is -2.54. The maximum Gasteiger partial charge on any atom is 0.262 e. The Hall–Kier alpha value is -2.58. The summed E-state index contributed by atoms with van der Waals surface area (Å²) in [5, 5.41) is 5.90. The molecule has 8 nitrogen and oxygen atoms in total. The lowest BCUT2D eigenvalue weighted by atomic mass is 9.86. The summed E-state index contributed by atoms with van der Waals surface area (Å²) in [6.45, 7) is 3.88. The molecule has 158 valence electrons. The van der Waals surface area contributed by atoms with Gasteiger partial charge in [-0.25, -0.2) is 0 Å². The first-order valence-corrected chi connectivity index (χ1v) is 10.8. The quantitative estimate of drug-likeness (QED) is 0.716. The number of nitrogens with one attached hydrogen (secondary N) is 2. The fourth-order valence-corrected chi connectivity index (χ4v) is 5.31. The van der Waals surface area contributed by atoms with Crippen LogP contribution in [0, 0.1) is 0 Å². The van der Waals surface area contributed by atoms with Gasteiger partial charge in [0.15, 0.2) is 0 Å². The Morgan fingerprint density at radius 1 is 1.00 bits per heavy atom. The van der Waals surface area contributed by atoms with E-state index >= 15 is 0 Å². The molecule has 0 bridgehead atoms. The Bertz CT molecular complexity index is 927. The zero-order chi connectivity index (χ0) is 20.9. The van der Waals surface area contributed by atoms with Gasteiger partial charge in [0.05, 0.1) is 11.1 Å². The monoisotopic (exact) mass is 410 g/mol. The van der Waals surface area contributed by atoms with E-state index in [0.29, 0.717) is 16.7 Å². The van der Waals surface area contributed by atoms with Gasteiger partial charge in [0.1, 0.15) is 6.04 Å². The van der Waals surface area contributed by atoms with Gasteiger partial charge < -0.3 is 5.32 Å². The Balaban J connectivity index is 1.29. The first kappa shape index (κ1) is 19.4. The highest BCUT2D eigenvalue weighted by molar-refractivity contribution is 6.23. The molecule has 0 saturated carbocycles. The molecule has 5 rings (SSSR count). The van der Waals surface area contributed by atoms with Gasteiger partial charge in [-0.05, 0) is 56.3 Å². The van der Waals surface area contributed by atoms with Crippen molar-refractivity contribution in [3.8, 4) is 0 Å². The maximum absolute atomic E-state index is 13.0. The zero-order valence-corrected chi connectivity index (χ0v) is 16.9. The van der Waals surface area contributed by atoms with Crippen molar-refractivity contribution in [2.24, 2.45) is 0 Å². The number of benzene rings is 1. The van der Waals surface area contributed by atoms with Crippen molar-refractivity contribution < 1.29 is 19.2 Å². The highest BCUT2D eigenvalue weighted by Crippen LogP contribution is 2.32. The lowest BCUT2D eigenvalue weighted by molar-refractivity contribution is -0.136. The summed E-state index contributed by atoms with van der Waals surface area (Å²) in [5.74, 6) is -1.85. The van der Waals surface area contributed by atoms with Crippen LogP contribution in [0.15, 0.2) is 18.2 Å². The summed E-state index contributed by atoms with van der Waals surface area (Å²) < 4.78 is 0. The third-order valence-electron chi connectivity index (χ3n) is 7.06. The molecule has 4 heterocycles. The molecule has 1 spiro atoms. The van der Waals surface area contributed by atoms with Crippen molar-refractivity contribution in [3.63, 3.8) is 0 Å². The number of rotatable bonds is 3. The molecule has 3 saturated heterocycles. The number of imide groups is 2. The largest absolute Gasteiger partial charge is 0.311 e. The summed E-state index contributed by atoms with van der Waals surface area (Å²) in [6, 6.07) is 4.46. The molecule has 0 aromatic heterocycles. The highest BCUT2D eigenvalue weighted by Gasteiger charge is 2.44. The molecule has 1 aromatic carbocycles. The molecule has 2 N–H and O–H groups in total. The molecule has 8 heteroatoms. The third kappa shape index (κ3) is 3.24. The van der Waals surface area contributed by atoms with E-state index in [4.69, 9.17) is 0 Å². The molecule has 4 aliphatic heterocycles. The maximum atomic E-state index is 13.0. The number of hydrogen-bond acceptors (Lipinski definition) is 6. The summed E-state index contributed by atoms with van der Waals surface area (Å²) in [5.41, 5.74) is 2.00. The van der Waals surface area contributed by atoms with Gasteiger partial charge in [-0.1, -0.05) is 6.07 Å². The lowest BCUT2D eigenvalue weighted by Gasteiger charge is -2.39. The van der Waals surface area contributed by atoms with E-state index in [1.807, 2.05) is 6.07 Å². The molecule has 1 aromatic rings. The zero-order valence-electron chi connectivity index (χ0n) is 16.9. The topological polar surface area (TPSA) is 98.8 Å². The van der Waals surface area contributed by atoms with E-state index in [1.54, 1.807) is 12.1 Å². The fraction of sp³-hybridized carbons (Fsp3) is 0.545. The molecule has 3 fully saturated rings. The second kappa shape index (κ2) is 7.28. The van der Waals surface area contributed by atoms with Crippen LogP contribution in [0.2, 0.25) is 0 Å². The minimum atomic E-state index is -0.921. The number of fused-ring (bicyclic) bond motifs is 1. The standard InChI is InChI=1S/C22H26N4O4/c27-18-5-4-17(19(28)24-18)26-20(29)15-3-2-14(12-16(15)21(26)30)13-25-10-7-22(8-11-25)6-1-9-23-22/h2-3,12,17,23H,1,4-11,13H2,(H,24,27,28). The Morgan fingerprint density at radius 3 is 2.47 bits per heavy atom. The van der Waals surface area contributed by atoms with E-state index < -0.39 is 23.8 Å². The van der Waals surface area contributed by atoms with E-state index in [0.717, 1.165) is 49.5 Å². The molecule has 4 aliphatic rings. The molecule has 0 radical (unpaired) electrons. The van der Waals surface area contributed by atoms with Gasteiger partial charge in [-0.3, -0.25) is 34.3 Å². The molecular formula is C22H26N4O4. The van der Waals surface area contributed by atoms with E-state index in [2.05, 4.69) is 15.5 Å². The molecular weight excluding hydrogens is 384 g/mol. The Labute approximate surface area is 175 Å². The summed E-state index contributed by atoms with van der Waals surface area (Å²) >= 11 is 0. The third-order valence-corrected chi connectivity index (χ3v) is 7.06. The van der Waals surface area contributed by atoms with Crippen LogP contribution >= 0.6 is 0 Å². The number of piperidine rings is 2. The normalized spacial score (nSPS) is 26.4. The predicted octanol–water partition coefficient (Wildman–Crippen LogP) is 0.806. The average Bonchev–Trinajstić information content (AvgIpc) is 3.28. The van der Waals surface area contributed by atoms with Crippen molar-refractivity contribution in [2.45, 2.75) is 56.7 Å². The molecule has 4 amide bonds. The summed E-state index contributed by atoms with van der Waals surface area (Å²) in [6.07, 6.45) is 5.08. The Morgan fingerprint density at radius 2 is 1.77 bits per heavy atom. The van der Waals surface area contributed by atoms with Crippen LogP contribution in [-0.2, 0) is 16.1 Å². The predicted molar refractivity (Wildman–Crippen MR) is 108 cm³/mol. The Kier molecular flexibility index (Phi) is 4.71. The number of carbonyl (C=O) groups is 4. The summed E-state index contributed by atoms with van der Waals surface area (Å²) in [4.78, 5) is 52.8. The second-order valence-electron chi connectivity index (χ2n) is 8.91. The SMILES string of the molecule is O=C1CCC(N2C(=O)c3ccc(CN4CCC5(CCCN5)CC4)cc3C2=O)C(=O)N1. The molecule has 1 unspecified atom stereocenters. The van der Waals surface area contributed by atoms with Gasteiger partial charge in [-0.2, -0.15) is 0 Å². The fourth-order valence-electron chi connectivity index (χ4n) is 5.31. The first-order valence-electron chi connectivity index (χ1n) is 10.8. The van der Waals surface area contributed by atoms with Crippen molar-refractivity contribution in [3.05, 3.63) is 34.9 Å². The number of likely N-dealkylation sites (tertiary alicyclic amines) is 1. The van der Waals surface area contributed by atoms with Crippen molar-refractivity contribution >= 4 is 23.6 Å². The van der Waals surface area contributed by atoms with Crippen LogP contribution in [-0.4, -0.2) is 64.6 Å². The van der Waals surface area contributed by atoms with Gasteiger partial charge in [0.25, 0.3) is 11.8 Å². The highest BCUT2D eigenvalue weighted by atomic mass is 16.2. The number of carbonyl (C=O) groups excluding carboxylic acids is 4. The van der Waals surface area contributed by atoms with Gasteiger partial charge in [-0.15, -0.1) is 0 Å². The average molecular weight is 410 g/mol. The number of amides is 4. The smallest absolute Gasteiger partial charge is 0.262 e. The second-order valence-corrected chi connectivity index (χ2v) is 8.91. The van der Waals surface area contributed by atoms with Crippen LogP contribution in [0.5, 0.6) is 0 Å². The number of hydrogen-bond donors (Lipinski definition) is 2. The minimum Gasteiger partial charge on any atom is -0.311 e. The van der Waals surface area contributed by atoms with E-state index in [9.17, 15) is 19.2 Å². The van der Waals surface area contributed by atoms with Gasteiger partial charge >= 0.3 is 0 Å². The molecule has 0 aliphatic carbocycles. The molecule has 1 atom stereocenters.